The van der Waals surface area contributed by atoms with Gasteiger partial charge in [0, 0.05) is 24.2 Å². The molecule has 0 aliphatic carbocycles. The average Bonchev–Trinajstić information content (AvgIpc) is 3.07. The second kappa shape index (κ2) is 5.19. The first-order valence-corrected chi connectivity index (χ1v) is 9.02. The van der Waals surface area contributed by atoms with E-state index in [1.165, 1.54) is 0 Å². The van der Waals surface area contributed by atoms with E-state index in [4.69, 9.17) is 0 Å². The monoisotopic (exact) mass is 352 g/mol. The van der Waals surface area contributed by atoms with Crippen LogP contribution < -0.4 is 10.2 Å². The lowest BCUT2D eigenvalue weighted by atomic mass is 9.71. The number of aryl methyl sites for hydroxylation is 1. The number of fused-ring (bicyclic) bond motifs is 4. The summed E-state index contributed by atoms with van der Waals surface area (Å²) in [5, 5.41) is 7.49. The van der Waals surface area contributed by atoms with Crippen LogP contribution in [0.5, 0.6) is 0 Å². The number of aromatic nitrogens is 2. The lowest BCUT2D eigenvalue weighted by Gasteiger charge is -2.34. The third-order valence-corrected chi connectivity index (χ3v) is 5.38. The summed E-state index contributed by atoms with van der Waals surface area (Å²) in [7, 11) is 0. The van der Waals surface area contributed by atoms with E-state index >= 15 is 0 Å². The van der Waals surface area contributed by atoms with Gasteiger partial charge in [0.05, 0.1) is 11.7 Å². The van der Waals surface area contributed by atoms with Crippen LogP contribution in [0.3, 0.4) is 0 Å². The van der Waals surface area contributed by atoms with Crippen LogP contribution in [0.2, 0.25) is 0 Å². The van der Waals surface area contributed by atoms with Crippen molar-refractivity contribution in [2.24, 2.45) is 0 Å². The number of benzene rings is 1. The van der Waals surface area contributed by atoms with Crippen molar-refractivity contribution in [2.75, 3.05) is 16.8 Å². The summed E-state index contributed by atoms with van der Waals surface area (Å²) in [5.41, 5.74) is 2.38. The first-order valence-electron chi connectivity index (χ1n) is 9.02. The average molecular weight is 352 g/mol. The summed E-state index contributed by atoms with van der Waals surface area (Å²) in [6.07, 6.45) is 1.87. The molecule has 26 heavy (non-hydrogen) atoms. The molecular formula is C20H24N4O2. The molecule has 1 aromatic carbocycles. The van der Waals surface area contributed by atoms with Crippen LogP contribution >= 0.6 is 0 Å². The molecule has 6 nitrogen and oxygen atoms in total. The highest BCUT2D eigenvalue weighted by atomic mass is 16.2. The number of carbonyl (C=O) groups is 2. The number of amides is 2. The fraction of sp³-hybridized carbons (Fsp3) is 0.450. The molecule has 4 rings (SSSR count). The molecule has 1 unspecified atom stereocenters. The summed E-state index contributed by atoms with van der Waals surface area (Å²) >= 11 is 0. The molecule has 0 saturated heterocycles. The highest BCUT2D eigenvalue weighted by Gasteiger charge is 2.57. The molecule has 136 valence electrons. The zero-order valence-electron chi connectivity index (χ0n) is 15.9. The lowest BCUT2D eigenvalue weighted by Crippen LogP contribution is -2.47. The fourth-order valence-corrected chi connectivity index (χ4v) is 4.23. The first-order chi connectivity index (χ1) is 12.2. The van der Waals surface area contributed by atoms with E-state index in [0.717, 1.165) is 22.4 Å². The molecule has 3 heterocycles. The summed E-state index contributed by atoms with van der Waals surface area (Å²) in [4.78, 5) is 28.0. The van der Waals surface area contributed by atoms with Crippen LogP contribution in [0.25, 0.3) is 0 Å². The van der Waals surface area contributed by atoms with E-state index < -0.39 is 5.41 Å². The Morgan fingerprint density at radius 3 is 2.62 bits per heavy atom. The van der Waals surface area contributed by atoms with Crippen molar-refractivity contribution in [3.05, 3.63) is 41.1 Å². The van der Waals surface area contributed by atoms with Crippen molar-refractivity contribution in [2.45, 2.75) is 52.0 Å². The van der Waals surface area contributed by atoms with Crippen LogP contribution in [0.4, 0.5) is 11.5 Å². The molecule has 2 aromatic rings. The van der Waals surface area contributed by atoms with Crippen LogP contribution in [0.15, 0.2) is 24.4 Å². The number of rotatable bonds is 1. The maximum atomic E-state index is 13.6. The Hall–Kier alpha value is -2.63. The molecule has 2 aliphatic rings. The van der Waals surface area contributed by atoms with Crippen LogP contribution in [-0.4, -0.2) is 28.1 Å². The lowest BCUT2D eigenvalue weighted by molar-refractivity contribution is -0.126. The molecular weight excluding hydrogens is 328 g/mol. The zero-order valence-corrected chi connectivity index (χ0v) is 15.9. The molecule has 6 heteroatoms. The summed E-state index contributed by atoms with van der Waals surface area (Å²) in [6, 6.07) is 6.04. The Morgan fingerprint density at radius 2 is 1.96 bits per heavy atom. The molecule has 0 saturated carbocycles. The third kappa shape index (κ3) is 2.01. The molecule has 0 bridgehead atoms. The number of hydrogen-bond donors (Lipinski definition) is 1. The SMILES string of the molecule is CCN1C(=O)C2(CC(=O)Nc3c2cnn3C(C)(C)C)c2cc(C)ccc21. The summed E-state index contributed by atoms with van der Waals surface area (Å²) in [6.45, 7) is 10.6. The van der Waals surface area contributed by atoms with Gasteiger partial charge >= 0.3 is 0 Å². The predicted octanol–water partition coefficient (Wildman–Crippen LogP) is 2.94. The van der Waals surface area contributed by atoms with E-state index in [9.17, 15) is 9.59 Å². The van der Waals surface area contributed by atoms with Crippen LogP contribution in [-0.2, 0) is 20.5 Å². The van der Waals surface area contributed by atoms with Gasteiger partial charge in [0.1, 0.15) is 11.2 Å². The summed E-state index contributed by atoms with van der Waals surface area (Å²) < 4.78 is 1.80. The highest BCUT2D eigenvalue weighted by molar-refractivity contribution is 6.15. The van der Waals surface area contributed by atoms with Gasteiger partial charge in [-0.1, -0.05) is 17.7 Å². The maximum absolute atomic E-state index is 13.6. The van der Waals surface area contributed by atoms with Crippen molar-refractivity contribution in [1.82, 2.24) is 9.78 Å². The third-order valence-electron chi connectivity index (χ3n) is 5.38. The van der Waals surface area contributed by atoms with Crippen LogP contribution in [0.1, 0.15) is 50.8 Å². The van der Waals surface area contributed by atoms with Crippen molar-refractivity contribution in [1.29, 1.82) is 0 Å². The predicted molar refractivity (Wildman–Crippen MR) is 100 cm³/mol. The molecule has 0 radical (unpaired) electrons. The van der Waals surface area contributed by atoms with Gasteiger partial charge < -0.3 is 10.2 Å². The Labute approximate surface area is 153 Å². The number of hydrogen-bond acceptors (Lipinski definition) is 3. The molecule has 0 fully saturated rings. The number of nitrogens with zero attached hydrogens (tertiary/aromatic N) is 3. The van der Waals surface area contributed by atoms with E-state index in [2.05, 4.69) is 10.4 Å². The second-order valence-corrected chi connectivity index (χ2v) is 8.19. The largest absolute Gasteiger partial charge is 0.311 e. The zero-order chi connectivity index (χ0) is 18.9. The standard InChI is InChI=1S/C20H24N4O2/c1-6-23-15-8-7-12(2)9-13(15)20(18(23)26)10-16(25)22-17-14(20)11-21-24(17)19(3,4)5/h7-9,11H,6,10H2,1-5H3,(H,22,25). The van der Waals surface area contributed by atoms with Gasteiger partial charge in [0.2, 0.25) is 11.8 Å². The van der Waals surface area contributed by atoms with Crippen molar-refractivity contribution in [3.8, 4) is 0 Å². The van der Waals surface area contributed by atoms with Gasteiger partial charge in [-0.05, 0) is 46.2 Å². The molecule has 1 N–H and O–H groups in total. The second-order valence-electron chi connectivity index (χ2n) is 8.19. The van der Waals surface area contributed by atoms with Gasteiger partial charge in [0.25, 0.3) is 0 Å². The van der Waals surface area contributed by atoms with E-state index in [1.807, 2.05) is 52.8 Å². The Morgan fingerprint density at radius 1 is 1.23 bits per heavy atom. The summed E-state index contributed by atoms with van der Waals surface area (Å²) in [5.74, 6) is 0.444. The molecule has 1 spiro atoms. The smallest absolute Gasteiger partial charge is 0.242 e. The molecule has 1 atom stereocenters. The van der Waals surface area contributed by atoms with Crippen LogP contribution in [0, 0.1) is 6.92 Å². The molecule has 2 aliphatic heterocycles. The number of carbonyl (C=O) groups excluding carboxylic acids is 2. The number of anilines is 2. The maximum Gasteiger partial charge on any atom is 0.242 e. The van der Waals surface area contributed by atoms with E-state index in [0.29, 0.717) is 12.4 Å². The van der Waals surface area contributed by atoms with E-state index in [1.54, 1.807) is 15.8 Å². The number of likely N-dealkylation sites (N-methyl/N-ethyl adjacent to an activating group) is 1. The topological polar surface area (TPSA) is 67.2 Å². The fourth-order valence-electron chi connectivity index (χ4n) is 4.23. The Kier molecular flexibility index (Phi) is 3.36. The Balaban J connectivity index is 2.05. The highest BCUT2D eigenvalue weighted by Crippen LogP contribution is 2.52. The minimum Gasteiger partial charge on any atom is -0.311 e. The number of nitrogens with one attached hydrogen (secondary N) is 1. The van der Waals surface area contributed by atoms with Gasteiger partial charge in [-0.15, -0.1) is 0 Å². The molecule has 2 amide bonds. The minimum atomic E-state index is -0.988. The first kappa shape index (κ1) is 16.8. The molecule has 1 aromatic heterocycles. The van der Waals surface area contributed by atoms with Gasteiger partial charge in [0.15, 0.2) is 0 Å². The van der Waals surface area contributed by atoms with Gasteiger partial charge in [-0.3, -0.25) is 9.59 Å². The van der Waals surface area contributed by atoms with Gasteiger partial charge in [-0.2, -0.15) is 5.10 Å². The normalized spacial score (nSPS) is 21.8. The van der Waals surface area contributed by atoms with Crippen molar-refractivity contribution >= 4 is 23.3 Å². The van der Waals surface area contributed by atoms with E-state index in [-0.39, 0.29) is 23.8 Å². The van der Waals surface area contributed by atoms with Gasteiger partial charge in [-0.25, -0.2) is 4.68 Å². The Bertz CT molecular complexity index is 938. The van der Waals surface area contributed by atoms with Crippen molar-refractivity contribution in [3.63, 3.8) is 0 Å². The minimum absolute atomic E-state index is 0.0369. The quantitative estimate of drug-likeness (QED) is 0.858. The van der Waals surface area contributed by atoms with Crippen molar-refractivity contribution < 1.29 is 9.59 Å².